The number of hydrogen-bond acceptors (Lipinski definition) is 7. The number of amides is 4. The summed E-state index contributed by atoms with van der Waals surface area (Å²) in [5, 5.41) is 5.78. The minimum Gasteiger partial charge on any atom is -0.453 e. The number of piperidine rings is 1. The summed E-state index contributed by atoms with van der Waals surface area (Å²) in [6.07, 6.45) is 8.93. The number of H-pyrrole nitrogens is 2. The van der Waals surface area contributed by atoms with Gasteiger partial charge in [-0.2, -0.15) is 0 Å². The van der Waals surface area contributed by atoms with Gasteiger partial charge >= 0.3 is 6.09 Å². The number of nitrogens with zero attached hydrogens (tertiary/aromatic N) is 4. The second kappa shape index (κ2) is 17.3. The van der Waals surface area contributed by atoms with Crippen molar-refractivity contribution in [2.75, 3.05) is 13.7 Å². The number of methoxy groups -OCH3 is 1. The number of carbonyl (C=O) groups excluding carboxylic acids is 4. The molecular formula is C50H60N8O5. The van der Waals surface area contributed by atoms with E-state index in [0.717, 1.165) is 96.4 Å². The van der Waals surface area contributed by atoms with Gasteiger partial charge in [-0.1, -0.05) is 71.0 Å². The maximum atomic E-state index is 14.1. The van der Waals surface area contributed by atoms with Crippen LogP contribution in [0.2, 0.25) is 0 Å². The van der Waals surface area contributed by atoms with E-state index in [-0.39, 0.29) is 47.7 Å². The number of hydrogen-bond donors (Lipinski definition) is 4. The summed E-state index contributed by atoms with van der Waals surface area (Å²) >= 11 is 0. The molecule has 3 fully saturated rings. The second-order valence-corrected chi connectivity index (χ2v) is 18.8. The summed E-state index contributed by atoms with van der Waals surface area (Å²) in [5.74, 6) is 1.58. The molecule has 4 amide bonds. The van der Waals surface area contributed by atoms with Gasteiger partial charge in [0.2, 0.25) is 17.7 Å². The fourth-order valence-corrected chi connectivity index (χ4v) is 10.7. The van der Waals surface area contributed by atoms with Crippen molar-refractivity contribution in [2.24, 2.45) is 17.8 Å². The predicted octanol–water partition coefficient (Wildman–Crippen LogP) is 8.42. The molecule has 2 aromatic heterocycles. The van der Waals surface area contributed by atoms with E-state index in [1.807, 2.05) is 50.6 Å². The molecule has 2 bridgehead atoms. The number of likely N-dealkylation sites (tertiary alicyclic amines) is 2. The molecular weight excluding hydrogens is 793 g/mol. The molecule has 1 saturated carbocycles. The van der Waals surface area contributed by atoms with Gasteiger partial charge in [-0.15, -0.1) is 0 Å². The number of fused-ring (bicyclic) bond motifs is 6. The Morgan fingerprint density at radius 2 is 1.49 bits per heavy atom. The molecule has 5 aromatic rings. The Hall–Kier alpha value is -5.98. The molecule has 13 nitrogen and oxygen atoms in total. The zero-order valence-electron chi connectivity index (χ0n) is 37.3. The maximum absolute atomic E-state index is 14.1. The monoisotopic (exact) mass is 852 g/mol. The summed E-state index contributed by atoms with van der Waals surface area (Å²) in [6, 6.07) is 18.3. The number of alkyl carbamates (subject to hydrolysis) is 1. The van der Waals surface area contributed by atoms with E-state index < -0.39 is 18.2 Å². The van der Waals surface area contributed by atoms with E-state index in [0.29, 0.717) is 18.9 Å². The van der Waals surface area contributed by atoms with Crippen molar-refractivity contribution in [3.63, 3.8) is 0 Å². The Morgan fingerprint density at radius 3 is 2.21 bits per heavy atom. The maximum Gasteiger partial charge on any atom is 0.407 e. The van der Waals surface area contributed by atoms with Gasteiger partial charge in [0.05, 0.1) is 42.1 Å². The van der Waals surface area contributed by atoms with Crippen LogP contribution in [-0.4, -0.2) is 85.3 Å². The lowest BCUT2D eigenvalue weighted by Gasteiger charge is -2.37. The number of nitrogens with one attached hydrogen (secondary N) is 4. The fourth-order valence-electron chi connectivity index (χ4n) is 10.7. The van der Waals surface area contributed by atoms with Gasteiger partial charge in [-0.25, -0.2) is 14.8 Å². The molecule has 3 aromatic carbocycles. The number of rotatable bonds is 12. The molecule has 2 aliphatic heterocycles. The van der Waals surface area contributed by atoms with Crippen molar-refractivity contribution < 1.29 is 23.9 Å². The van der Waals surface area contributed by atoms with Crippen molar-refractivity contribution >= 4 is 34.8 Å². The minimum absolute atomic E-state index is 0.0209. The first-order chi connectivity index (χ1) is 30.4. The SMILES string of the molecule is CCCC(=O)N[C@H](C(=O)N1CCC[C@H]1c1ncc(-c2ccc3c(c2)CCc2cc(-c4ccc5nc([C@@H]6[C@H]7CC[C@H](C7)N6C(=O)[C@@H](NC(=O)OC)C(C)C)[nH]c5c4)ccc2-3)[nH]1)C(C)C. The Kier molecular flexibility index (Phi) is 11.6. The van der Waals surface area contributed by atoms with Crippen LogP contribution in [-0.2, 0) is 32.0 Å². The molecule has 4 aliphatic rings. The summed E-state index contributed by atoms with van der Waals surface area (Å²) in [5.41, 5.74) is 11.1. The van der Waals surface area contributed by atoms with Crippen LogP contribution in [0.15, 0.2) is 60.8 Å². The molecule has 4 N–H and O–H groups in total. The van der Waals surface area contributed by atoms with Gasteiger partial charge in [0.1, 0.15) is 23.7 Å². The van der Waals surface area contributed by atoms with E-state index in [9.17, 15) is 19.2 Å². The van der Waals surface area contributed by atoms with E-state index in [1.165, 1.54) is 29.4 Å². The van der Waals surface area contributed by atoms with E-state index in [4.69, 9.17) is 14.7 Å². The Balaban J connectivity index is 0.914. The highest BCUT2D eigenvalue weighted by Gasteiger charge is 2.51. The number of aromatic amines is 2. The van der Waals surface area contributed by atoms with Gasteiger partial charge in [0.25, 0.3) is 0 Å². The van der Waals surface area contributed by atoms with Crippen LogP contribution < -0.4 is 10.6 Å². The lowest BCUT2D eigenvalue weighted by Crippen LogP contribution is -2.54. The summed E-state index contributed by atoms with van der Waals surface area (Å²) < 4.78 is 4.85. The molecule has 0 unspecified atom stereocenters. The average Bonchev–Trinajstić information content (AvgIpc) is 4.14. The summed E-state index contributed by atoms with van der Waals surface area (Å²) in [4.78, 5) is 73.5. The second-order valence-electron chi connectivity index (χ2n) is 18.8. The lowest BCUT2D eigenvalue weighted by molar-refractivity contribution is -0.139. The lowest BCUT2D eigenvalue weighted by atomic mass is 9.83. The van der Waals surface area contributed by atoms with Crippen LogP contribution in [0.1, 0.15) is 114 Å². The van der Waals surface area contributed by atoms with Crippen LogP contribution in [0.3, 0.4) is 0 Å². The normalized spacial score (nSPS) is 21.1. The number of aryl methyl sites for hydroxylation is 2. The molecule has 4 heterocycles. The number of imidazole rings is 2. The van der Waals surface area contributed by atoms with E-state index in [2.05, 4.69) is 75.2 Å². The molecule has 0 spiro atoms. The number of aromatic nitrogens is 4. The van der Waals surface area contributed by atoms with Gasteiger partial charge in [0.15, 0.2) is 0 Å². The number of carbonyl (C=O) groups is 4. The smallest absolute Gasteiger partial charge is 0.407 e. The zero-order valence-corrected chi connectivity index (χ0v) is 37.3. The predicted molar refractivity (Wildman–Crippen MR) is 242 cm³/mol. The molecule has 0 radical (unpaired) electrons. The summed E-state index contributed by atoms with van der Waals surface area (Å²) in [7, 11) is 1.32. The highest BCUT2D eigenvalue weighted by molar-refractivity contribution is 5.89. The first-order valence-electron chi connectivity index (χ1n) is 23.0. The number of benzene rings is 3. The Labute approximate surface area is 369 Å². The van der Waals surface area contributed by atoms with Crippen LogP contribution in [0.4, 0.5) is 4.79 Å². The van der Waals surface area contributed by atoms with Crippen LogP contribution >= 0.6 is 0 Å². The third kappa shape index (κ3) is 7.99. The molecule has 6 atom stereocenters. The van der Waals surface area contributed by atoms with Crippen molar-refractivity contribution in [3.05, 3.63) is 83.6 Å². The van der Waals surface area contributed by atoms with E-state index >= 15 is 0 Å². The Morgan fingerprint density at radius 1 is 0.810 bits per heavy atom. The minimum atomic E-state index is -0.678. The van der Waals surface area contributed by atoms with Gasteiger partial charge in [-0.3, -0.25) is 14.4 Å². The molecule has 2 aliphatic carbocycles. The Bertz CT molecular complexity index is 2560. The molecule has 330 valence electrons. The van der Waals surface area contributed by atoms with Crippen molar-refractivity contribution in [1.82, 2.24) is 40.4 Å². The van der Waals surface area contributed by atoms with Crippen LogP contribution in [0.25, 0.3) is 44.5 Å². The topological polar surface area (TPSA) is 165 Å². The number of ether oxygens (including phenoxy) is 1. The fraction of sp³-hybridized carbons (Fsp3) is 0.480. The average molecular weight is 853 g/mol. The van der Waals surface area contributed by atoms with Crippen LogP contribution in [0, 0.1) is 17.8 Å². The third-order valence-electron chi connectivity index (χ3n) is 14.0. The third-order valence-corrected chi connectivity index (χ3v) is 14.0. The highest BCUT2D eigenvalue weighted by Crippen LogP contribution is 2.50. The highest BCUT2D eigenvalue weighted by atomic mass is 16.5. The first-order valence-corrected chi connectivity index (χ1v) is 23.0. The quantitative estimate of drug-likeness (QED) is 0.0979. The molecule has 2 saturated heterocycles. The summed E-state index contributed by atoms with van der Waals surface area (Å²) in [6.45, 7) is 10.5. The largest absolute Gasteiger partial charge is 0.453 e. The van der Waals surface area contributed by atoms with Gasteiger partial charge in [-0.05, 0) is 126 Å². The molecule has 9 rings (SSSR count). The van der Waals surface area contributed by atoms with Gasteiger partial charge < -0.3 is 35.1 Å². The molecule has 13 heteroatoms. The van der Waals surface area contributed by atoms with Crippen molar-refractivity contribution in [3.8, 4) is 33.5 Å². The van der Waals surface area contributed by atoms with Gasteiger partial charge in [0, 0.05) is 19.0 Å². The van der Waals surface area contributed by atoms with Crippen molar-refractivity contribution in [1.29, 1.82) is 0 Å². The zero-order chi connectivity index (χ0) is 44.1. The molecule has 63 heavy (non-hydrogen) atoms. The first kappa shape index (κ1) is 42.3. The van der Waals surface area contributed by atoms with Crippen molar-refractivity contribution in [2.45, 2.75) is 123 Å². The standard InChI is InChI=1S/C50H60N8O5/c1-7-9-42(59)55-43(27(2)3)48(60)57-21-8-10-41(57)46-51-26-40(54-46)33-15-19-37-32(23-33)12-11-31-22-29(14-18-36(31)37)30-16-20-38-39(25-30)53-47(52-38)45-34-13-17-35(24-34)58(45)49(61)44(28(4)5)56-50(62)63-6/h14-16,18-20,22-23,25-28,34-35,41,43-45H,7-13,17,21,24H2,1-6H3,(H,51,54)(H,52,53)(H,55,59)(H,56,62)/t34-,35+,41-,43-,44-,45-/m0/s1. The van der Waals surface area contributed by atoms with Crippen LogP contribution in [0.5, 0.6) is 0 Å². The van der Waals surface area contributed by atoms with E-state index in [1.54, 1.807) is 0 Å².